The number of Topliss-reactive ketones (excluding diaryl/α,β-unsaturated/α-hetero) is 1. The number of anilines is 2. The van der Waals surface area contributed by atoms with Crippen molar-refractivity contribution in [2.75, 3.05) is 24.7 Å². The molecule has 0 aliphatic rings. The maximum atomic E-state index is 11.9. The molecule has 86 valence electrons. The maximum Gasteiger partial charge on any atom is 0.177 e. The van der Waals surface area contributed by atoms with Crippen molar-refractivity contribution in [2.45, 2.75) is 13.8 Å². The van der Waals surface area contributed by atoms with Gasteiger partial charge in [-0.3, -0.25) is 4.79 Å². The van der Waals surface area contributed by atoms with Crippen molar-refractivity contribution in [3.8, 4) is 6.07 Å². The molecule has 1 aromatic heterocycles. The molecular formula is C11H15N3OS. The van der Waals surface area contributed by atoms with E-state index in [0.717, 1.165) is 5.00 Å². The summed E-state index contributed by atoms with van der Waals surface area (Å²) in [5.41, 5.74) is 6.55. The number of nitrogens with two attached hydrogens (primary N) is 1. The highest BCUT2D eigenvalue weighted by Gasteiger charge is 2.23. The predicted octanol–water partition coefficient (Wildman–Crippen LogP) is 2.11. The maximum absolute atomic E-state index is 11.9. The third kappa shape index (κ3) is 2.02. The smallest absolute Gasteiger partial charge is 0.177 e. The molecule has 2 N–H and O–H groups in total. The van der Waals surface area contributed by atoms with Gasteiger partial charge in [-0.05, 0) is 0 Å². The first kappa shape index (κ1) is 12.5. The topological polar surface area (TPSA) is 70.1 Å². The summed E-state index contributed by atoms with van der Waals surface area (Å²) >= 11 is 1.28. The van der Waals surface area contributed by atoms with Gasteiger partial charge in [-0.15, -0.1) is 11.3 Å². The van der Waals surface area contributed by atoms with Crippen molar-refractivity contribution in [2.24, 2.45) is 5.92 Å². The van der Waals surface area contributed by atoms with E-state index in [-0.39, 0.29) is 11.7 Å². The van der Waals surface area contributed by atoms with Crippen LogP contribution in [0.4, 0.5) is 10.7 Å². The summed E-state index contributed by atoms with van der Waals surface area (Å²) in [4.78, 5) is 14.2. The second-order valence-corrected chi connectivity index (χ2v) is 5.05. The molecule has 0 aliphatic heterocycles. The van der Waals surface area contributed by atoms with Crippen LogP contribution in [0.25, 0.3) is 0 Å². The van der Waals surface area contributed by atoms with Gasteiger partial charge in [0.05, 0.1) is 10.6 Å². The number of carbonyl (C=O) groups excluding carboxylic acids is 1. The fourth-order valence-corrected chi connectivity index (χ4v) is 2.48. The molecule has 0 radical (unpaired) electrons. The Hall–Kier alpha value is -1.54. The van der Waals surface area contributed by atoms with E-state index in [9.17, 15) is 4.79 Å². The van der Waals surface area contributed by atoms with Crippen LogP contribution in [0.5, 0.6) is 0 Å². The van der Waals surface area contributed by atoms with Gasteiger partial charge in [0.25, 0.3) is 0 Å². The van der Waals surface area contributed by atoms with E-state index in [2.05, 4.69) is 6.07 Å². The second kappa shape index (κ2) is 4.54. The zero-order valence-corrected chi connectivity index (χ0v) is 10.7. The van der Waals surface area contributed by atoms with E-state index in [1.165, 1.54) is 11.3 Å². The molecule has 1 rings (SSSR count). The highest BCUT2D eigenvalue weighted by Crippen LogP contribution is 2.37. The van der Waals surface area contributed by atoms with Crippen molar-refractivity contribution >= 4 is 27.8 Å². The number of nitrogen functional groups attached to an aromatic ring is 1. The van der Waals surface area contributed by atoms with Gasteiger partial charge in [-0.1, -0.05) is 13.8 Å². The summed E-state index contributed by atoms with van der Waals surface area (Å²) in [6.07, 6.45) is 0. The molecular weight excluding hydrogens is 222 g/mol. The summed E-state index contributed by atoms with van der Waals surface area (Å²) in [6.45, 7) is 3.64. The van der Waals surface area contributed by atoms with Gasteiger partial charge in [0.2, 0.25) is 0 Å². The third-order valence-electron chi connectivity index (χ3n) is 2.19. The van der Waals surface area contributed by atoms with Crippen LogP contribution in [-0.2, 0) is 0 Å². The molecule has 1 heterocycles. The Morgan fingerprint density at radius 2 is 2.06 bits per heavy atom. The molecule has 16 heavy (non-hydrogen) atoms. The number of ketones is 1. The van der Waals surface area contributed by atoms with E-state index in [0.29, 0.717) is 16.1 Å². The number of hydrogen-bond donors (Lipinski definition) is 1. The number of rotatable bonds is 3. The molecule has 0 fully saturated rings. The minimum Gasteiger partial charge on any atom is -0.396 e. The lowest BCUT2D eigenvalue weighted by Crippen LogP contribution is -2.08. The molecule has 0 saturated carbocycles. The highest BCUT2D eigenvalue weighted by atomic mass is 32.1. The fraction of sp³-hybridized carbons (Fsp3) is 0.455. The van der Waals surface area contributed by atoms with E-state index in [4.69, 9.17) is 11.0 Å². The predicted molar refractivity (Wildman–Crippen MR) is 66.9 cm³/mol. The normalized spacial score (nSPS) is 10.2. The van der Waals surface area contributed by atoms with Gasteiger partial charge >= 0.3 is 0 Å². The average molecular weight is 237 g/mol. The average Bonchev–Trinajstić information content (AvgIpc) is 2.54. The first-order valence-electron chi connectivity index (χ1n) is 4.94. The van der Waals surface area contributed by atoms with Crippen molar-refractivity contribution in [3.63, 3.8) is 0 Å². The summed E-state index contributed by atoms with van der Waals surface area (Å²) in [7, 11) is 3.66. The first-order chi connectivity index (χ1) is 7.40. The molecule has 4 nitrogen and oxygen atoms in total. The molecule has 1 aromatic rings. The Bertz CT molecular complexity index is 455. The zero-order chi connectivity index (χ0) is 12.5. The van der Waals surface area contributed by atoms with Crippen LogP contribution in [0.3, 0.4) is 0 Å². The lowest BCUT2D eigenvalue weighted by Gasteiger charge is -2.08. The number of carbonyl (C=O) groups is 1. The number of nitrogens with zero attached hydrogens (tertiary/aromatic N) is 2. The van der Waals surface area contributed by atoms with Crippen molar-refractivity contribution < 1.29 is 4.79 Å². The molecule has 0 aliphatic carbocycles. The summed E-state index contributed by atoms with van der Waals surface area (Å²) in [5, 5.41) is 9.76. The lowest BCUT2D eigenvalue weighted by molar-refractivity contribution is 0.0944. The van der Waals surface area contributed by atoms with Gasteiger partial charge in [0.15, 0.2) is 5.78 Å². The number of thiophene rings is 1. The fourth-order valence-electron chi connectivity index (χ4n) is 1.30. The lowest BCUT2D eigenvalue weighted by atomic mass is 10.1. The Balaban J connectivity index is 3.35. The molecule has 0 bridgehead atoms. The standard InChI is InChI=1S/C11H15N3OS/c1-6(2)9(15)10-8(13)7(5-12)11(16-10)14(3)4/h6H,13H2,1-4H3. The van der Waals surface area contributed by atoms with Crippen LogP contribution >= 0.6 is 11.3 Å². The minimum atomic E-state index is -0.109. The first-order valence-corrected chi connectivity index (χ1v) is 5.75. The minimum absolute atomic E-state index is 0.00731. The highest BCUT2D eigenvalue weighted by molar-refractivity contribution is 7.19. The molecule has 0 unspecified atom stereocenters. The summed E-state index contributed by atoms with van der Waals surface area (Å²) in [5.74, 6) is -0.116. The van der Waals surface area contributed by atoms with Crippen LogP contribution in [0, 0.1) is 17.2 Å². The third-order valence-corrected chi connectivity index (χ3v) is 3.58. The van der Waals surface area contributed by atoms with E-state index < -0.39 is 0 Å². The number of nitriles is 1. The van der Waals surface area contributed by atoms with Gasteiger partial charge in [-0.2, -0.15) is 5.26 Å². The van der Waals surface area contributed by atoms with Crippen molar-refractivity contribution in [1.29, 1.82) is 5.26 Å². The van der Waals surface area contributed by atoms with Gasteiger partial charge in [0, 0.05) is 20.0 Å². The molecule has 0 aromatic carbocycles. The summed E-state index contributed by atoms with van der Waals surface area (Å²) < 4.78 is 0. The van der Waals surface area contributed by atoms with Crippen LogP contribution in [-0.4, -0.2) is 19.9 Å². The van der Waals surface area contributed by atoms with Crippen LogP contribution < -0.4 is 10.6 Å². The van der Waals surface area contributed by atoms with Crippen LogP contribution in [0.15, 0.2) is 0 Å². The summed E-state index contributed by atoms with van der Waals surface area (Å²) in [6, 6.07) is 2.05. The van der Waals surface area contributed by atoms with Gasteiger partial charge < -0.3 is 10.6 Å². The zero-order valence-electron chi connectivity index (χ0n) is 9.87. The molecule has 5 heteroatoms. The molecule has 0 saturated heterocycles. The Morgan fingerprint density at radius 3 is 2.38 bits per heavy atom. The van der Waals surface area contributed by atoms with E-state index in [1.807, 2.05) is 27.9 Å². The molecule has 0 spiro atoms. The largest absolute Gasteiger partial charge is 0.396 e. The second-order valence-electron chi connectivity index (χ2n) is 4.05. The van der Waals surface area contributed by atoms with Crippen molar-refractivity contribution in [1.82, 2.24) is 0 Å². The van der Waals surface area contributed by atoms with Gasteiger partial charge in [0.1, 0.15) is 16.6 Å². The SMILES string of the molecule is CC(C)C(=O)c1sc(N(C)C)c(C#N)c1N. The van der Waals surface area contributed by atoms with Crippen LogP contribution in [0.1, 0.15) is 29.1 Å². The van der Waals surface area contributed by atoms with Crippen LogP contribution in [0.2, 0.25) is 0 Å². The van der Waals surface area contributed by atoms with Crippen molar-refractivity contribution in [3.05, 3.63) is 10.4 Å². The van der Waals surface area contributed by atoms with Gasteiger partial charge in [-0.25, -0.2) is 0 Å². The monoisotopic (exact) mass is 237 g/mol. The van der Waals surface area contributed by atoms with E-state index in [1.54, 1.807) is 4.90 Å². The molecule has 0 atom stereocenters. The quantitative estimate of drug-likeness (QED) is 0.817. The van der Waals surface area contributed by atoms with E-state index >= 15 is 0 Å². The Labute approximate surface area is 99.3 Å². The Kier molecular flexibility index (Phi) is 3.55. The molecule has 0 amide bonds. The number of hydrogen-bond acceptors (Lipinski definition) is 5. The Morgan fingerprint density at radius 1 is 1.50 bits per heavy atom.